The van der Waals surface area contributed by atoms with Crippen LogP contribution in [0.15, 0.2) is 30.3 Å². The summed E-state index contributed by atoms with van der Waals surface area (Å²) < 4.78 is 40.0. The van der Waals surface area contributed by atoms with E-state index < -0.39 is 22.8 Å². The second-order valence-corrected chi connectivity index (χ2v) is 5.00. The average molecular weight is 305 g/mol. The third-order valence-corrected chi connectivity index (χ3v) is 3.56. The van der Waals surface area contributed by atoms with Gasteiger partial charge in [-0.05, 0) is 36.2 Å². The molecule has 0 heterocycles. The standard InChI is InChI=1S/C14H9Cl2F3/c1-7-4-9(13(19)6-12(7)18)14(16)8-2-3-11(17)10(15)5-8/h2-6,14H,1H3. The van der Waals surface area contributed by atoms with Crippen molar-refractivity contribution < 1.29 is 13.2 Å². The number of hydrogen-bond acceptors (Lipinski definition) is 0. The van der Waals surface area contributed by atoms with Gasteiger partial charge >= 0.3 is 0 Å². The monoisotopic (exact) mass is 304 g/mol. The molecule has 5 heteroatoms. The molecule has 2 rings (SSSR count). The predicted molar refractivity (Wildman–Crippen MR) is 70.2 cm³/mol. The molecule has 0 aliphatic heterocycles. The fourth-order valence-corrected chi connectivity index (χ4v) is 2.22. The van der Waals surface area contributed by atoms with Gasteiger partial charge in [0, 0.05) is 11.6 Å². The van der Waals surface area contributed by atoms with Crippen LogP contribution < -0.4 is 0 Å². The Morgan fingerprint density at radius 1 is 0.947 bits per heavy atom. The predicted octanol–water partition coefficient (Wildman–Crippen LogP) is 5.39. The van der Waals surface area contributed by atoms with E-state index in [2.05, 4.69) is 0 Å². The molecule has 2 aromatic carbocycles. The topological polar surface area (TPSA) is 0 Å². The van der Waals surface area contributed by atoms with Gasteiger partial charge < -0.3 is 0 Å². The van der Waals surface area contributed by atoms with Crippen LogP contribution in [0.3, 0.4) is 0 Å². The van der Waals surface area contributed by atoms with E-state index in [-0.39, 0.29) is 16.1 Å². The summed E-state index contributed by atoms with van der Waals surface area (Å²) >= 11 is 11.8. The second kappa shape index (κ2) is 5.43. The molecule has 0 amide bonds. The van der Waals surface area contributed by atoms with Gasteiger partial charge in [0.05, 0.1) is 10.4 Å². The fraction of sp³-hybridized carbons (Fsp3) is 0.143. The van der Waals surface area contributed by atoms with Gasteiger partial charge in [-0.1, -0.05) is 17.7 Å². The molecule has 0 saturated heterocycles. The molecule has 0 aliphatic rings. The van der Waals surface area contributed by atoms with Crippen LogP contribution in [0, 0.1) is 24.4 Å². The van der Waals surface area contributed by atoms with E-state index in [0.717, 1.165) is 12.1 Å². The van der Waals surface area contributed by atoms with Crippen molar-refractivity contribution in [2.75, 3.05) is 0 Å². The molecule has 100 valence electrons. The third-order valence-electron chi connectivity index (χ3n) is 2.79. The third kappa shape index (κ3) is 2.88. The zero-order chi connectivity index (χ0) is 14.2. The van der Waals surface area contributed by atoms with Crippen molar-refractivity contribution in [1.82, 2.24) is 0 Å². The van der Waals surface area contributed by atoms with Crippen LogP contribution in [0.4, 0.5) is 13.2 Å². The maximum Gasteiger partial charge on any atom is 0.141 e. The normalized spacial score (nSPS) is 12.5. The van der Waals surface area contributed by atoms with Crippen molar-refractivity contribution in [2.24, 2.45) is 0 Å². The highest BCUT2D eigenvalue weighted by Gasteiger charge is 2.18. The van der Waals surface area contributed by atoms with Crippen molar-refractivity contribution in [1.29, 1.82) is 0 Å². The number of halogens is 5. The SMILES string of the molecule is Cc1cc(C(Cl)c2ccc(F)c(Cl)c2)c(F)cc1F. The summed E-state index contributed by atoms with van der Waals surface area (Å²) in [7, 11) is 0. The summed E-state index contributed by atoms with van der Waals surface area (Å²) in [6.07, 6.45) is 0. The van der Waals surface area contributed by atoms with Crippen molar-refractivity contribution in [3.05, 3.63) is 69.5 Å². The van der Waals surface area contributed by atoms with Crippen LogP contribution in [-0.2, 0) is 0 Å². The smallest absolute Gasteiger partial charge is 0.141 e. The number of alkyl halides is 1. The van der Waals surface area contributed by atoms with E-state index in [1.54, 1.807) is 0 Å². The molecule has 2 aromatic rings. The van der Waals surface area contributed by atoms with Gasteiger partial charge in [-0.15, -0.1) is 11.6 Å². The van der Waals surface area contributed by atoms with E-state index in [0.29, 0.717) is 5.56 Å². The Bertz CT molecular complexity index is 626. The Hall–Kier alpha value is -1.19. The quantitative estimate of drug-likeness (QED) is 0.652. The van der Waals surface area contributed by atoms with Gasteiger partial charge in [-0.2, -0.15) is 0 Å². The fourth-order valence-electron chi connectivity index (χ4n) is 1.72. The minimum atomic E-state index is -0.864. The minimum absolute atomic E-state index is 0.0950. The molecule has 0 aromatic heterocycles. The zero-order valence-corrected chi connectivity index (χ0v) is 11.4. The van der Waals surface area contributed by atoms with Crippen LogP contribution in [-0.4, -0.2) is 0 Å². The Kier molecular flexibility index (Phi) is 4.07. The maximum absolute atomic E-state index is 13.7. The maximum atomic E-state index is 13.7. The summed E-state index contributed by atoms with van der Waals surface area (Å²) in [5, 5.41) is -0.959. The van der Waals surface area contributed by atoms with Gasteiger partial charge in [0.1, 0.15) is 17.5 Å². The number of benzene rings is 2. The average Bonchev–Trinajstić information content (AvgIpc) is 2.36. The van der Waals surface area contributed by atoms with E-state index in [4.69, 9.17) is 23.2 Å². The highest BCUT2D eigenvalue weighted by Crippen LogP contribution is 2.33. The second-order valence-electron chi connectivity index (χ2n) is 4.16. The highest BCUT2D eigenvalue weighted by molar-refractivity contribution is 6.31. The van der Waals surface area contributed by atoms with Crippen LogP contribution >= 0.6 is 23.2 Å². The lowest BCUT2D eigenvalue weighted by molar-refractivity contribution is 0.568. The first kappa shape index (κ1) is 14.2. The Morgan fingerprint density at radius 3 is 2.26 bits per heavy atom. The van der Waals surface area contributed by atoms with Gasteiger partial charge in [0.25, 0.3) is 0 Å². The molecule has 0 N–H and O–H groups in total. The lowest BCUT2D eigenvalue weighted by Gasteiger charge is -2.13. The Labute approximate surface area is 118 Å². The van der Waals surface area contributed by atoms with Crippen molar-refractivity contribution in [3.63, 3.8) is 0 Å². The van der Waals surface area contributed by atoms with Crippen LogP contribution in [0.1, 0.15) is 22.1 Å². The summed E-state index contributed by atoms with van der Waals surface area (Å²) in [5.74, 6) is -1.96. The van der Waals surface area contributed by atoms with Crippen LogP contribution in [0.25, 0.3) is 0 Å². The van der Waals surface area contributed by atoms with Crippen LogP contribution in [0.2, 0.25) is 5.02 Å². The van der Waals surface area contributed by atoms with E-state index in [1.165, 1.54) is 25.1 Å². The van der Waals surface area contributed by atoms with Gasteiger partial charge in [-0.25, -0.2) is 13.2 Å². The molecule has 0 bridgehead atoms. The summed E-state index contributed by atoms with van der Waals surface area (Å²) in [4.78, 5) is 0. The lowest BCUT2D eigenvalue weighted by Crippen LogP contribution is -2.00. The molecular weight excluding hydrogens is 296 g/mol. The largest absolute Gasteiger partial charge is 0.207 e. The summed E-state index contributed by atoms with van der Waals surface area (Å²) in [6.45, 7) is 1.51. The number of rotatable bonds is 2. The van der Waals surface area contributed by atoms with Crippen molar-refractivity contribution >= 4 is 23.2 Å². The molecule has 0 saturated carbocycles. The molecular formula is C14H9Cl2F3. The molecule has 0 fully saturated rings. The molecule has 19 heavy (non-hydrogen) atoms. The zero-order valence-electron chi connectivity index (χ0n) is 9.85. The van der Waals surface area contributed by atoms with Gasteiger partial charge in [-0.3, -0.25) is 0 Å². The molecule has 0 nitrogen and oxygen atoms in total. The first-order valence-electron chi connectivity index (χ1n) is 5.44. The molecule has 0 radical (unpaired) electrons. The summed E-state index contributed by atoms with van der Waals surface area (Å²) in [5.41, 5.74) is 0.858. The Morgan fingerprint density at radius 2 is 1.63 bits per heavy atom. The first-order chi connectivity index (χ1) is 8.90. The van der Waals surface area contributed by atoms with E-state index in [1.807, 2.05) is 0 Å². The first-order valence-corrected chi connectivity index (χ1v) is 6.26. The van der Waals surface area contributed by atoms with Crippen molar-refractivity contribution in [2.45, 2.75) is 12.3 Å². The van der Waals surface area contributed by atoms with E-state index >= 15 is 0 Å². The molecule has 1 atom stereocenters. The lowest BCUT2D eigenvalue weighted by atomic mass is 10.0. The summed E-state index contributed by atoms with van der Waals surface area (Å²) in [6, 6.07) is 6.01. The Balaban J connectivity index is 2.46. The molecule has 0 aliphatic carbocycles. The number of aryl methyl sites for hydroxylation is 1. The minimum Gasteiger partial charge on any atom is -0.207 e. The van der Waals surface area contributed by atoms with Crippen molar-refractivity contribution in [3.8, 4) is 0 Å². The van der Waals surface area contributed by atoms with Gasteiger partial charge in [0.2, 0.25) is 0 Å². The number of hydrogen-bond donors (Lipinski definition) is 0. The highest BCUT2D eigenvalue weighted by atomic mass is 35.5. The van der Waals surface area contributed by atoms with Gasteiger partial charge in [0.15, 0.2) is 0 Å². The van der Waals surface area contributed by atoms with E-state index in [9.17, 15) is 13.2 Å². The molecule has 1 unspecified atom stereocenters. The van der Waals surface area contributed by atoms with Crippen LogP contribution in [0.5, 0.6) is 0 Å². The molecule has 0 spiro atoms.